The molecule has 0 saturated carbocycles. The van der Waals surface area contributed by atoms with Crippen molar-refractivity contribution in [1.82, 2.24) is 10.3 Å². The van der Waals surface area contributed by atoms with E-state index in [1.807, 2.05) is 0 Å². The molecule has 1 aliphatic heterocycles. The lowest BCUT2D eigenvalue weighted by Crippen LogP contribution is -2.11. The average molecular weight is 172 g/mol. The third-order valence-electron chi connectivity index (χ3n) is 1.05. The SMILES string of the molecule is O=C1NCCO1.O=c1[nH]cco1. The van der Waals surface area contributed by atoms with Crippen molar-refractivity contribution in [3.8, 4) is 0 Å². The largest absolute Gasteiger partial charge is 0.448 e. The van der Waals surface area contributed by atoms with Crippen LogP contribution in [-0.4, -0.2) is 24.2 Å². The lowest BCUT2D eigenvalue weighted by molar-refractivity contribution is 0.178. The van der Waals surface area contributed by atoms with Crippen LogP contribution in [0.3, 0.4) is 0 Å². The fourth-order valence-electron chi connectivity index (χ4n) is 0.580. The number of H-pyrrole nitrogens is 1. The first-order valence-corrected chi connectivity index (χ1v) is 3.32. The van der Waals surface area contributed by atoms with Gasteiger partial charge in [0.15, 0.2) is 0 Å². The van der Waals surface area contributed by atoms with Crippen LogP contribution in [0.25, 0.3) is 0 Å². The van der Waals surface area contributed by atoms with Gasteiger partial charge in [-0.3, -0.25) is 4.98 Å². The molecule has 1 amide bonds. The van der Waals surface area contributed by atoms with Gasteiger partial charge in [0.05, 0.1) is 6.54 Å². The second-order valence-electron chi connectivity index (χ2n) is 1.92. The molecule has 66 valence electrons. The van der Waals surface area contributed by atoms with E-state index in [0.717, 1.165) is 0 Å². The number of aromatic amines is 1. The topological polar surface area (TPSA) is 84.3 Å². The smallest absolute Gasteiger partial charge is 0.416 e. The van der Waals surface area contributed by atoms with E-state index in [0.29, 0.717) is 13.2 Å². The molecule has 0 radical (unpaired) electrons. The molecule has 0 spiro atoms. The molecule has 6 nitrogen and oxygen atoms in total. The fraction of sp³-hybridized carbons (Fsp3) is 0.333. The number of alkyl carbamates (subject to hydrolysis) is 1. The number of nitrogens with one attached hydrogen (secondary N) is 2. The van der Waals surface area contributed by atoms with E-state index in [2.05, 4.69) is 19.5 Å². The van der Waals surface area contributed by atoms with Gasteiger partial charge in [0.1, 0.15) is 12.9 Å². The van der Waals surface area contributed by atoms with Crippen LogP contribution in [0.1, 0.15) is 0 Å². The summed E-state index contributed by atoms with van der Waals surface area (Å²) in [6, 6.07) is 0. The van der Waals surface area contributed by atoms with Crippen molar-refractivity contribution in [2.75, 3.05) is 13.2 Å². The van der Waals surface area contributed by atoms with Gasteiger partial charge in [-0.05, 0) is 0 Å². The third kappa shape index (κ3) is 2.91. The van der Waals surface area contributed by atoms with Gasteiger partial charge in [0, 0.05) is 6.20 Å². The molecule has 2 rings (SSSR count). The van der Waals surface area contributed by atoms with E-state index in [9.17, 15) is 9.59 Å². The summed E-state index contributed by atoms with van der Waals surface area (Å²) in [5.74, 6) is -0.407. The molecule has 1 aromatic rings. The van der Waals surface area contributed by atoms with Crippen molar-refractivity contribution in [2.45, 2.75) is 0 Å². The number of rotatable bonds is 0. The Morgan fingerprint density at radius 2 is 2.25 bits per heavy atom. The normalized spacial score (nSPS) is 14.2. The summed E-state index contributed by atoms with van der Waals surface area (Å²) in [5, 5.41) is 2.46. The Morgan fingerprint density at radius 1 is 1.42 bits per heavy atom. The van der Waals surface area contributed by atoms with Crippen LogP contribution in [0.2, 0.25) is 0 Å². The predicted molar refractivity (Wildman–Crippen MR) is 38.7 cm³/mol. The molecule has 0 atom stereocenters. The first kappa shape index (κ1) is 8.38. The molecule has 2 N–H and O–H groups in total. The maximum atomic E-state index is 9.91. The van der Waals surface area contributed by atoms with Gasteiger partial charge < -0.3 is 14.5 Å². The second kappa shape index (κ2) is 4.22. The van der Waals surface area contributed by atoms with Crippen LogP contribution in [0, 0.1) is 0 Å². The Balaban J connectivity index is 0.000000120. The summed E-state index contributed by atoms with van der Waals surface area (Å²) < 4.78 is 8.62. The highest BCUT2D eigenvalue weighted by Gasteiger charge is 2.06. The first-order valence-electron chi connectivity index (χ1n) is 3.32. The minimum Gasteiger partial charge on any atom is -0.448 e. The van der Waals surface area contributed by atoms with Gasteiger partial charge >= 0.3 is 11.8 Å². The molecule has 1 aliphatic rings. The number of hydrogen-bond acceptors (Lipinski definition) is 4. The van der Waals surface area contributed by atoms with Crippen molar-refractivity contribution in [3.63, 3.8) is 0 Å². The minimum absolute atomic E-state index is 0.296. The Hall–Kier alpha value is -1.72. The van der Waals surface area contributed by atoms with Gasteiger partial charge in [0.25, 0.3) is 0 Å². The Morgan fingerprint density at radius 3 is 2.42 bits per heavy atom. The number of oxazole rings is 1. The van der Waals surface area contributed by atoms with Crippen LogP contribution in [0.4, 0.5) is 4.79 Å². The van der Waals surface area contributed by atoms with Crippen LogP contribution < -0.4 is 11.1 Å². The lowest BCUT2D eigenvalue weighted by Gasteiger charge is -1.80. The van der Waals surface area contributed by atoms with E-state index in [4.69, 9.17) is 0 Å². The molecule has 1 fully saturated rings. The maximum Gasteiger partial charge on any atom is 0.416 e. The van der Waals surface area contributed by atoms with E-state index >= 15 is 0 Å². The van der Waals surface area contributed by atoms with Crippen molar-refractivity contribution in [1.29, 1.82) is 0 Å². The fourth-order valence-corrected chi connectivity index (χ4v) is 0.580. The molecule has 6 heteroatoms. The molecule has 0 unspecified atom stereocenters. The number of carbonyl (C=O) groups excluding carboxylic acids is 1. The second-order valence-corrected chi connectivity index (χ2v) is 1.92. The number of hydrogen-bond donors (Lipinski definition) is 2. The highest BCUT2D eigenvalue weighted by atomic mass is 16.6. The van der Waals surface area contributed by atoms with Crippen molar-refractivity contribution in [3.05, 3.63) is 23.0 Å². The van der Waals surface area contributed by atoms with Crippen molar-refractivity contribution in [2.24, 2.45) is 0 Å². The summed E-state index contributed by atoms with van der Waals surface area (Å²) in [5.41, 5.74) is 0. The van der Waals surface area contributed by atoms with E-state index in [1.54, 1.807) is 0 Å². The number of ether oxygens (including phenoxy) is 1. The standard InChI is InChI=1S/C3H5NO2.C3H3NO2/c2*5-3-4-1-2-6-3/h1-2H2,(H,4,5);1-2H,(H,4,5). The highest BCUT2D eigenvalue weighted by Crippen LogP contribution is 1.82. The van der Waals surface area contributed by atoms with Gasteiger partial charge in [0.2, 0.25) is 0 Å². The quantitative estimate of drug-likeness (QED) is 0.562. The zero-order chi connectivity index (χ0) is 8.81. The summed E-state index contributed by atoms with van der Waals surface area (Å²) in [6.07, 6.45) is 2.43. The molecule has 1 saturated heterocycles. The summed E-state index contributed by atoms with van der Waals surface area (Å²) in [7, 11) is 0. The predicted octanol–water partition coefficient (Wildman–Crippen LogP) is -0.306. The summed E-state index contributed by atoms with van der Waals surface area (Å²) in [4.78, 5) is 22.0. The molecule has 0 bridgehead atoms. The molecule has 0 aliphatic carbocycles. The molecule has 0 aromatic carbocycles. The summed E-state index contributed by atoms with van der Waals surface area (Å²) in [6.45, 7) is 1.19. The average Bonchev–Trinajstić information content (AvgIpc) is 2.63. The Labute approximate surface area is 67.5 Å². The number of carbonyl (C=O) groups is 1. The Bertz CT molecular complexity index is 265. The monoisotopic (exact) mass is 172 g/mol. The van der Waals surface area contributed by atoms with Crippen LogP contribution in [-0.2, 0) is 4.74 Å². The number of cyclic esters (lactones) is 1. The van der Waals surface area contributed by atoms with E-state index in [-0.39, 0.29) is 6.09 Å². The van der Waals surface area contributed by atoms with Crippen LogP contribution in [0.5, 0.6) is 0 Å². The zero-order valence-electron chi connectivity index (χ0n) is 6.20. The van der Waals surface area contributed by atoms with E-state index < -0.39 is 5.76 Å². The molecular formula is C6H8N2O4. The van der Waals surface area contributed by atoms with Crippen molar-refractivity contribution < 1.29 is 13.9 Å². The number of aromatic nitrogens is 1. The highest BCUT2D eigenvalue weighted by molar-refractivity contribution is 5.68. The van der Waals surface area contributed by atoms with Gasteiger partial charge in [-0.1, -0.05) is 0 Å². The minimum atomic E-state index is -0.407. The maximum absolute atomic E-state index is 9.91. The van der Waals surface area contributed by atoms with E-state index in [1.165, 1.54) is 12.5 Å². The van der Waals surface area contributed by atoms with Crippen LogP contribution in [0.15, 0.2) is 21.7 Å². The molecule has 1 aromatic heterocycles. The van der Waals surface area contributed by atoms with Gasteiger partial charge in [-0.2, -0.15) is 0 Å². The molecule has 2 heterocycles. The van der Waals surface area contributed by atoms with Gasteiger partial charge in [-0.15, -0.1) is 0 Å². The number of amides is 1. The van der Waals surface area contributed by atoms with Crippen molar-refractivity contribution >= 4 is 6.09 Å². The first-order chi connectivity index (χ1) is 5.79. The lowest BCUT2D eigenvalue weighted by atomic mass is 10.7. The molecule has 12 heavy (non-hydrogen) atoms. The molecular weight excluding hydrogens is 164 g/mol. The summed E-state index contributed by atoms with van der Waals surface area (Å²) >= 11 is 0. The third-order valence-corrected chi connectivity index (χ3v) is 1.05. The van der Waals surface area contributed by atoms with Crippen LogP contribution >= 0.6 is 0 Å². The zero-order valence-corrected chi connectivity index (χ0v) is 6.20. The Kier molecular flexibility index (Phi) is 2.95. The van der Waals surface area contributed by atoms with Gasteiger partial charge in [-0.25, -0.2) is 9.59 Å².